The van der Waals surface area contributed by atoms with Gasteiger partial charge in [-0.1, -0.05) is 6.92 Å². The van der Waals surface area contributed by atoms with Crippen LogP contribution in [0.5, 0.6) is 11.5 Å². The normalized spacial score (nSPS) is 10.8. The van der Waals surface area contributed by atoms with Crippen LogP contribution in [0, 0.1) is 0 Å². The van der Waals surface area contributed by atoms with Crippen LogP contribution in [0.1, 0.15) is 16.8 Å². The summed E-state index contributed by atoms with van der Waals surface area (Å²) >= 11 is 1.74. The van der Waals surface area contributed by atoms with Crippen LogP contribution in [0.15, 0.2) is 18.3 Å². The molecule has 0 bridgehead atoms. The van der Waals surface area contributed by atoms with Crippen LogP contribution in [-0.4, -0.2) is 35.7 Å². The number of nitrogens with zero attached hydrogens (tertiary/aromatic N) is 3. The monoisotopic (exact) mass is 359 g/mol. The fourth-order valence-electron chi connectivity index (χ4n) is 2.47. The van der Waals surface area contributed by atoms with Crippen LogP contribution >= 0.6 is 11.3 Å². The number of ether oxygens (including phenoxy) is 2. The molecule has 0 saturated heterocycles. The van der Waals surface area contributed by atoms with Gasteiger partial charge in [-0.2, -0.15) is 4.98 Å². The summed E-state index contributed by atoms with van der Waals surface area (Å²) in [4.78, 5) is 14.5. The highest BCUT2D eigenvalue weighted by Crippen LogP contribution is 2.33. The van der Waals surface area contributed by atoms with Gasteiger partial charge >= 0.3 is 0 Å². The number of anilines is 2. The van der Waals surface area contributed by atoms with Crippen molar-refractivity contribution in [1.29, 1.82) is 0 Å². The summed E-state index contributed by atoms with van der Waals surface area (Å²) in [5.41, 5.74) is 6.78. The number of hydrogen-bond acceptors (Lipinski definition) is 8. The molecular weight excluding hydrogens is 338 g/mol. The van der Waals surface area contributed by atoms with Crippen LogP contribution < -0.4 is 20.5 Å². The molecule has 0 amide bonds. The molecule has 25 heavy (non-hydrogen) atoms. The van der Waals surface area contributed by atoms with Gasteiger partial charge < -0.3 is 20.5 Å². The minimum atomic E-state index is 0.399. The molecule has 1 aromatic carbocycles. The number of rotatable bonds is 7. The van der Waals surface area contributed by atoms with Crippen molar-refractivity contribution >= 4 is 34.0 Å². The summed E-state index contributed by atoms with van der Waals surface area (Å²) in [5.74, 6) is 2.09. The average Bonchev–Trinajstić information content (AvgIpc) is 3.08. The largest absolute Gasteiger partial charge is 0.493 e. The number of nitrogens with one attached hydrogen (secondary N) is 1. The first-order valence-corrected chi connectivity index (χ1v) is 8.83. The van der Waals surface area contributed by atoms with Crippen molar-refractivity contribution in [2.24, 2.45) is 0 Å². The number of hydrogen-bond donors (Lipinski definition) is 2. The maximum absolute atomic E-state index is 6.08. The lowest BCUT2D eigenvalue weighted by Crippen LogP contribution is -2.09. The molecule has 0 aliphatic heterocycles. The molecule has 2 heterocycles. The van der Waals surface area contributed by atoms with E-state index in [2.05, 4.69) is 27.2 Å². The molecule has 3 rings (SSSR count). The number of aryl methyl sites for hydroxylation is 1. The van der Waals surface area contributed by atoms with Crippen molar-refractivity contribution in [3.05, 3.63) is 28.2 Å². The Kier molecular flexibility index (Phi) is 5.18. The lowest BCUT2D eigenvalue weighted by molar-refractivity contribution is 0.356. The molecule has 7 nitrogen and oxygen atoms in total. The Morgan fingerprint density at radius 2 is 1.92 bits per heavy atom. The highest BCUT2D eigenvalue weighted by molar-refractivity contribution is 7.11. The molecule has 0 saturated carbocycles. The number of fused-ring (bicyclic) bond motifs is 1. The summed E-state index contributed by atoms with van der Waals surface area (Å²) in [6, 6.07) is 3.58. The molecule has 3 N–H and O–H groups in total. The van der Waals surface area contributed by atoms with E-state index >= 15 is 0 Å². The van der Waals surface area contributed by atoms with Crippen molar-refractivity contribution in [3.63, 3.8) is 0 Å². The van der Waals surface area contributed by atoms with Gasteiger partial charge in [0.15, 0.2) is 11.5 Å². The maximum atomic E-state index is 6.08. The lowest BCUT2D eigenvalue weighted by atomic mass is 10.2. The zero-order valence-electron chi connectivity index (χ0n) is 14.5. The molecule has 0 aliphatic carbocycles. The molecule has 0 radical (unpaired) electrons. The molecule has 8 heteroatoms. The number of nitrogen functional groups attached to an aromatic ring is 1. The van der Waals surface area contributed by atoms with E-state index in [9.17, 15) is 0 Å². The van der Waals surface area contributed by atoms with Crippen molar-refractivity contribution in [2.75, 3.05) is 31.8 Å². The Morgan fingerprint density at radius 3 is 2.60 bits per heavy atom. The first kappa shape index (κ1) is 17.2. The highest BCUT2D eigenvalue weighted by Gasteiger charge is 2.11. The third kappa shape index (κ3) is 3.74. The number of aromatic nitrogens is 3. The van der Waals surface area contributed by atoms with Crippen LogP contribution in [0.3, 0.4) is 0 Å². The topological polar surface area (TPSA) is 95.2 Å². The van der Waals surface area contributed by atoms with E-state index in [-0.39, 0.29) is 0 Å². The maximum Gasteiger partial charge on any atom is 0.225 e. The van der Waals surface area contributed by atoms with E-state index in [0.717, 1.165) is 23.2 Å². The fourth-order valence-corrected chi connectivity index (χ4v) is 3.33. The first-order valence-electron chi connectivity index (χ1n) is 8.01. The molecule has 0 spiro atoms. The van der Waals surface area contributed by atoms with Gasteiger partial charge in [0.1, 0.15) is 5.82 Å². The Morgan fingerprint density at radius 1 is 1.16 bits per heavy atom. The molecule has 0 atom stereocenters. The Labute approximate surface area is 150 Å². The Hall–Kier alpha value is -2.61. The van der Waals surface area contributed by atoms with Crippen molar-refractivity contribution in [1.82, 2.24) is 15.0 Å². The Balaban J connectivity index is 1.77. The number of thiazole rings is 1. The zero-order valence-corrected chi connectivity index (χ0v) is 15.3. The van der Waals surface area contributed by atoms with Crippen molar-refractivity contribution < 1.29 is 9.47 Å². The third-order valence-electron chi connectivity index (χ3n) is 3.80. The van der Waals surface area contributed by atoms with Gasteiger partial charge in [0.05, 0.1) is 24.7 Å². The molecule has 2 aromatic heterocycles. The highest BCUT2D eigenvalue weighted by atomic mass is 32.1. The molecule has 0 unspecified atom stereocenters. The smallest absolute Gasteiger partial charge is 0.225 e. The van der Waals surface area contributed by atoms with Gasteiger partial charge in [0, 0.05) is 35.5 Å². The SMILES string of the molecule is CCc1cnc(CCNc2nc(N)c3cc(OC)c(OC)cc3n2)s1. The summed E-state index contributed by atoms with van der Waals surface area (Å²) in [7, 11) is 3.17. The quantitative estimate of drug-likeness (QED) is 0.669. The standard InChI is InChI=1S/C17H21N5O2S/c1-4-10-9-20-15(25-10)5-6-19-17-21-12-8-14(24-3)13(23-2)7-11(12)16(18)22-17/h7-9H,4-6H2,1-3H3,(H3,18,19,21,22). The Bertz CT molecular complexity index is 881. The van der Waals surface area contributed by atoms with E-state index < -0.39 is 0 Å². The average molecular weight is 359 g/mol. The van der Waals surface area contributed by atoms with E-state index in [1.165, 1.54) is 4.88 Å². The fraction of sp³-hybridized carbons (Fsp3) is 0.353. The van der Waals surface area contributed by atoms with E-state index in [1.807, 2.05) is 6.20 Å². The number of methoxy groups -OCH3 is 2. The summed E-state index contributed by atoms with van der Waals surface area (Å²) in [6.07, 6.45) is 3.77. The molecule has 0 fully saturated rings. The predicted molar refractivity (Wildman–Crippen MR) is 101 cm³/mol. The molecule has 0 aliphatic rings. The minimum Gasteiger partial charge on any atom is -0.493 e. The summed E-state index contributed by atoms with van der Waals surface area (Å²) in [6.45, 7) is 2.82. The lowest BCUT2D eigenvalue weighted by Gasteiger charge is -2.11. The van der Waals surface area contributed by atoms with Crippen LogP contribution in [0.2, 0.25) is 0 Å². The van der Waals surface area contributed by atoms with Gasteiger partial charge in [0.2, 0.25) is 5.95 Å². The van der Waals surface area contributed by atoms with Gasteiger partial charge in [-0.3, -0.25) is 0 Å². The second-order valence-electron chi connectivity index (χ2n) is 5.41. The van der Waals surface area contributed by atoms with Crippen LogP contribution in [0.25, 0.3) is 10.9 Å². The van der Waals surface area contributed by atoms with Crippen LogP contribution in [0.4, 0.5) is 11.8 Å². The van der Waals surface area contributed by atoms with Gasteiger partial charge in [0.25, 0.3) is 0 Å². The van der Waals surface area contributed by atoms with Gasteiger partial charge in [-0.25, -0.2) is 9.97 Å². The zero-order chi connectivity index (χ0) is 17.8. The number of benzene rings is 1. The predicted octanol–water partition coefficient (Wildman–Crippen LogP) is 2.90. The molecule has 132 valence electrons. The summed E-state index contributed by atoms with van der Waals surface area (Å²) in [5, 5.41) is 5.05. The molecular formula is C17H21N5O2S. The van der Waals surface area contributed by atoms with Gasteiger partial charge in [-0.15, -0.1) is 11.3 Å². The summed E-state index contributed by atoms with van der Waals surface area (Å²) < 4.78 is 10.6. The van der Waals surface area contributed by atoms with Crippen molar-refractivity contribution in [2.45, 2.75) is 19.8 Å². The second-order valence-corrected chi connectivity index (χ2v) is 6.61. The second kappa shape index (κ2) is 7.52. The van der Waals surface area contributed by atoms with E-state index in [0.29, 0.717) is 35.3 Å². The van der Waals surface area contributed by atoms with E-state index in [1.54, 1.807) is 37.7 Å². The van der Waals surface area contributed by atoms with Crippen LogP contribution in [-0.2, 0) is 12.8 Å². The van der Waals surface area contributed by atoms with E-state index in [4.69, 9.17) is 15.2 Å². The van der Waals surface area contributed by atoms with Gasteiger partial charge in [-0.05, 0) is 12.5 Å². The molecule has 3 aromatic rings. The first-order chi connectivity index (χ1) is 12.1. The number of nitrogens with two attached hydrogens (primary N) is 1. The van der Waals surface area contributed by atoms with Crippen molar-refractivity contribution in [3.8, 4) is 11.5 Å². The third-order valence-corrected chi connectivity index (χ3v) is 5.00. The minimum absolute atomic E-state index is 0.399.